The van der Waals surface area contributed by atoms with Crippen LogP contribution in [0.3, 0.4) is 0 Å². The van der Waals surface area contributed by atoms with Crippen LogP contribution in [0.2, 0.25) is 0 Å². The zero-order valence-electron chi connectivity index (χ0n) is 9.32. The van der Waals surface area contributed by atoms with Crippen molar-refractivity contribution in [3.63, 3.8) is 0 Å². The van der Waals surface area contributed by atoms with Gasteiger partial charge in [0.05, 0.1) is 0 Å². The zero-order chi connectivity index (χ0) is 11.4. The Bertz CT molecular complexity index is 359. The van der Waals surface area contributed by atoms with Gasteiger partial charge < -0.3 is 15.2 Å². The molecule has 1 heterocycles. The lowest BCUT2D eigenvalue weighted by Gasteiger charge is -1.97. The molecule has 1 amide bonds. The maximum Gasteiger partial charge on any atom is 0.292 e. The second-order valence-corrected chi connectivity index (χ2v) is 3.85. The monoisotopic (exact) mass is 224 g/mol. The van der Waals surface area contributed by atoms with Crippen molar-refractivity contribution >= 4 is 5.91 Å². The summed E-state index contributed by atoms with van der Waals surface area (Å²) in [4.78, 5) is 15.4. The average Bonchev–Trinajstić information content (AvgIpc) is 2.95. The van der Waals surface area contributed by atoms with E-state index < -0.39 is 0 Å². The molecule has 16 heavy (non-hydrogen) atoms. The van der Waals surface area contributed by atoms with E-state index in [2.05, 4.69) is 20.8 Å². The van der Waals surface area contributed by atoms with Gasteiger partial charge in [-0.05, 0) is 19.8 Å². The van der Waals surface area contributed by atoms with E-state index in [1.165, 1.54) is 12.8 Å². The summed E-state index contributed by atoms with van der Waals surface area (Å²) in [6.07, 6.45) is 3.19. The van der Waals surface area contributed by atoms with Gasteiger partial charge in [-0.3, -0.25) is 4.79 Å². The molecule has 0 radical (unpaired) electrons. The van der Waals surface area contributed by atoms with E-state index in [1.807, 2.05) is 6.92 Å². The van der Waals surface area contributed by atoms with Gasteiger partial charge in [-0.2, -0.15) is 4.98 Å². The summed E-state index contributed by atoms with van der Waals surface area (Å²) in [7, 11) is 0. The molecule has 0 bridgehead atoms. The third-order valence-corrected chi connectivity index (χ3v) is 2.36. The van der Waals surface area contributed by atoms with Crippen LogP contribution >= 0.6 is 0 Å². The predicted octanol–water partition coefficient (Wildman–Crippen LogP) is 0.114. The summed E-state index contributed by atoms with van der Waals surface area (Å²) >= 11 is 0. The molecule has 2 rings (SSSR count). The van der Waals surface area contributed by atoms with Crippen molar-refractivity contribution < 1.29 is 9.32 Å². The molecule has 1 aliphatic rings. The van der Waals surface area contributed by atoms with Crippen LogP contribution in [0, 0.1) is 0 Å². The lowest BCUT2D eigenvalue weighted by atomic mass is 10.4. The number of hydrogen-bond acceptors (Lipinski definition) is 5. The van der Waals surface area contributed by atoms with Gasteiger partial charge in [-0.1, -0.05) is 5.16 Å². The topological polar surface area (TPSA) is 80.0 Å². The highest BCUT2D eigenvalue weighted by molar-refractivity contribution is 5.90. The van der Waals surface area contributed by atoms with Gasteiger partial charge in [-0.15, -0.1) is 0 Å². The molecule has 6 nitrogen and oxygen atoms in total. The summed E-state index contributed by atoms with van der Waals surface area (Å²) in [5.41, 5.74) is 0. The molecule has 88 valence electrons. The largest absolute Gasteiger partial charge is 0.349 e. The number of carbonyl (C=O) groups is 1. The molecular formula is C10H16N4O2. The first-order valence-corrected chi connectivity index (χ1v) is 5.63. The van der Waals surface area contributed by atoms with Crippen molar-refractivity contribution in [2.45, 2.75) is 32.2 Å². The second-order valence-electron chi connectivity index (χ2n) is 3.85. The average molecular weight is 224 g/mol. The maximum absolute atomic E-state index is 11.3. The minimum Gasteiger partial charge on any atom is -0.349 e. The standard InChI is InChI=1S/C10H16N4O2/c1-2-11-10(15)9-13-8(16-14-9)5-6-12-7-3-4-7/h7,12H,2-6H2,1H3,(H,11,15). The molecule has 1 aromatic heterocycles. The number of rotatable bonds is 6. The lowest BCUT2D eigenvalue weighted by molar-refractivity contribution is 0.0942. The van der Waals surface area contributed by atoms with Crippen LogP contribution in [0.25, 0.3) is 0 Å². The van der Waals surface area contributed by atoms with E-state index >= 15 is 0 Å². The molecule has 0 atom stereocenters. The molecule has 0 saturated heterocycles. The Hall–Kier alpha value is -1.43. The Balaban J connectivity index is 1.78. The summed E-state index contributed by atoms with van der Waals surface area (Å²) < 4.78 is 4.97. The molecule has 0 spiro atoms. The molecule has 1 aliphatic carbocycles. The minimum atomic E-state index is -0.285. The Kier molecular flexibility index (Phi) is 3.51. The van der Waals surface area contributed by atoms with Crippen LogP contribution < -0.4 is 10.6 Å². The summed E-state index contributed by atoms with van der Waals surface area (Å²) in [5.74, 6) is 0.338. The van der Waals surface area contributed by atoms with Gasteiger partial charge in [0.15, 0.2) is 0 Å². The van der Waals surface area contributed by atoms with Crippen LogP contribution in [0.5, 0.6) is 0 Å². The van der Waals surface area contributed by atoms with Crippen molar-refractivity contribution in [2.75, 3.05) is 13.1 Å². The van der Waals surface area contributed by atoms with Gasteiger partial charge in [-0.25, -0.2) is 0 Å². The van der Waals surface area contributed by atoms with Gasteiger partial charge in [0.25, 0.3) is 11.7 Å². The lowest BCUT2D eigenvalue weighted by Crippen LogP contribution is -2.24. The van der Waals surface area contributed by atoms with Crippen LogP contribution in [-0.4, -0.2) is 35.2 Å². The quantitative estimate of drug-likeness (QED) is 0.717. The first kappa shape index (κ1) is 11.1. The molecule has 1 aromatic rings. The first-order chi connectivity index (χ1) is 7.79. The fourth-order valence-electron chi connectivity index (χ4n) is 1.36. The number of aromatic nitrogens is 2. The van der Waals surface area contributed by atoms with Crippen molar-refractivity contribution in [2.24, 2.45) is 0 Å². The smallest absolute Gasteiger partial charge is 0.292 e. The first-order valence-electron chi connectivity index (χ1n) is 5.63. The Morgan fingerprint density at radius 3 is 3.06 bits per heavy atom. The van der Waals surface area contributed by atoms with Crippen molar-refractivity contribution in [3.05, 3.63) is 11.7 Å². The van der Waals surface area contributed by atoms with Crippen LogP contribution in [0.1, 0.15) is 36.3 Å². The van der Waals surface area contributed by atoms with E-state index in [-0.39, 0.29) is 11.7 Å². The summed E-state index contributed by atoms with van der Waals surface area (Å²) in [6.45, 7) is 3.23. The van der Waals surface area contributed by atoms with Gasteiger partial charge >= 0.3 is 0 Å². The number of hydrogen-bond donors (Lipinski definition) is 2. The molecule has 1 fully saturated rings. The number of nitrogens with zero attached hydrogens (tertiary/aromatic N) is 2. The van der Waals surface area contributed by atoms with E-state index in [4.69, 9.17) is 4.52 Å². The highest BCUT2D eigenvalue weighted by Gasteiger charge is 2.20. The van der Waals surface area contributed by atoms with Crippen LogP contribution in [-0.2, 0) is 6.42 Å². The molecular weight excluding hydrogens is 208 g/mol. The van der Waals surface area contributed by atoms with Crippen molar-refractivity contribution in [1.82, 2.24) is 20.8 Å². The highest BCUT2D eigenvalue weighted by Crippen LogP contribution is 2.18. The molecule has 0 aliphatic heterocycles. The Morgan fingerprint density at radius 1 is 1.56 bits per heavy atom. The van der Waals surface area contributed by atoms with E-state index in [1.54, 1.807) is 0 Å². The van der Waals surface area contributed by atoms with Crippen LogP contribution in [0.15, 0.2) is 4.52 Å². The minimum absolute atomic E-state index is 0.114. The molecule has 1 saturated carbocycles. The third kappa shape index (κ3) is 3.03. The SMILES string of the molecule is CCNC(=O)c1noc(CCNC2CC2)n1. The number of carbonyl (C=O) groups excluding carboxylic acids is 1. The molecule has 6 heteroatoms. The zero-order valence-corrected chi connectivity index (χ0v) is 9.32. The fourth-order valence-corrected chi connectivity index (χ4v) is 1.36. The van der Waals surface area contributed by atoms with Gasteiger partial charge in [0, 0.05) is 25.6 Å². The molecule has 0 unspecified atom stereocenters. The van der Waals surface area contributed by atoms with E-state index in [0.717, 1.165) is 6.54 Å². The third-order valence-electron chi connectivity index (χ3n) is 2.36. The summed E-state index contributed by atoms with van der Waals surface area (Å²) in [6, 6.07) is 0.672. The normalized spacial score (nSPS) is 15.1. The summed E-state index contributed by atoms with van der Waals surface area (Å²) in [5, 5.41) is 9.58. The van der Waals surface area contributed by atoms with Crippen molar-refractivity contribution in [1.29, 1.82) is 0 Å². The van der Waals surface area contributed by atoms with E-state index in [0.29, 0.717) is 24.9 Å². The molecule has 0 aromatic carbocycles. The molecule has 2 N–H and O–H groups in total. The Labute approximate surface area is 93.8 Å². The van der Waals surface area contributed by atoms with Crippen molar-refractivity contribution in [3.8, 4) is 0 Å². The fraction of sp³-hybridized carbons (Fsp3) is 0.700. The number of nitrogens with one attached hydrogen (secondary N) is 2. The predicted molar refractivity (Wildman–Crippen MR) is 57.0 cm³/mol. The Morgan fingerprint density at radius 2 is 2.38 bits per heavy atom. The maximum atomic E-state index is 11.3. The number of amides is 1. The van der Waals surface area contributed by atoms with E-state index in [9.17, 15) is 4.79 Å². The van der Waals surface area contributed by atoms with Crippen LogP contribution in [0.4, 0.5) is 0 Å². The van der Waals surface area contributed by atoms with Gasteiger partial charge in [0.1, 0.15) is 0 Å². The highest BCUT2D eigenvalue weighted by atomic mass is 16.5. The van der Waals surface area contributed by atoms with Gasteiger partial charge in [0.2, 0.25) is 5.89 Å². The second kappa shape index (κ2) is 5.07.